The summed E-state index contributed by atoms with van der Waals surface area (Å²) in [7, 11) is 0. The maximum Gasteiger partial charge on any atom is 0.326 e. The van der Waals surface area contributed by atoms with E-state index in [1.807, 2.05) is 31.2 Å². The van der Waals surface area contributed by atoms with Gasteiger partial charge in [-0.3, -0.25) is 4.79 Å². The van der Waals surface area contributed by atoms with E-state index in [2.05, 4.69) is 26.1 Å². The van der Waals surface area contributed by atoms with Gasteiger partial charge in [-0.1, -0.05) is 36.7 Å². The van der Waals surface area contributed by atoms with E-state index in [0.29, 0.717) is 16.9 Å². The number of aliphatic carboxylic acids is 1. The highest BCUT2D eigenvalue weighted by molar-refractivity contribution is 5.99. The van der Waals surface area contributed by atoms with E-state index < -0.39 is 23.9 Å². The van der Waals surface area contributed by atoms with E-state index in [1.54, 1.807) is 38.1 Å². The smallest absolute Gasteiger partial charge is 0.326 e. The summed E-state index contributed by atoms with van der Waals surface area (Å²) in [5.41, 5.74) is 2.86. The van der Waals surface area contributed by atoms with Gasteiger partial charge < -0.3 is 25.6 Å². The maximum atomic E-state index is 12.2. The molecular weight excluding hydrogens is 414 g/mol. The molecule has 0 radical (unpaired) electrons. The first kappa shape index (κ1) is 22.5. The first-order valence-corrected chi connectivity index (χ1v) is 9.85. The van der Waals surface area contributed by atoms with Crippen LogP contribution in [0.3, 0.4) is 0 Å². The Morgan fingerprint density at radius 1 is 0.938 bits per heavy atom. The number of aryl methyl sites for hydroxylation is 1. The fourth-order valence-electron chi connectivity index (χ4n) is 2.78. The first-order valence-electron chi connectivity index (χ1n) is 9.85. The van der Waals surface area contributed by atoms with Crippen LogP contribution < -0.4 is 16.0 Å². The van der Waals surface area contributed by atoms with Crippen molar-refractivity contribution < 1.29 is 24.0 Å². The number of urea groups is 1. The Morgan fingerprint density at radius 2 is 1.50 bits per heavy atom. The Kier molecular flexibility index (Phi) is 6.83. The molecule has 1 atom stereocenters. The molecule has 0 aliphatic rings. The number of nitrogens with one attached hydrogen (secondary N) is 3. The SMILES string of the molecule is Cc1ccc(NC(=O)Nc2ccc(-c3noc(C(=O)N[C@H](C(=O)O)C(C)C)n3)cc2)cc1. The molecule has 0 saturated carbocycles. The van der Waals surface area contributed by atoms with Crippen LogP contribution in [0.15, 0.2) is 53.1 Å². The number of aromatic nitrogens is 2. The summed E-state index contributed by atoms with van der Waals surface area (Å²) in [5.74, 6) is -2.42. The average Bonchev–Trinajstić information content (AvgIpc) is 3.24. The lowest BCUT2D eigenvalue weighted by Gasteiger charge is -2.16. The molecule has 32 heavy (non-hydrogen) atoms. The van der Waals surface area contributed by atoms with Crippen molar-refractivity contribution in [2.75, 3.05) is 10.6 Å². The maximum absolute atomic E-state index is 12.2. The quantitative estimate of drug-likeness (QED) is 0.442. The number of nitrogens with zero attached hydrogens (tertiary/aromatic N) is 2. The molecule has 3 amide bonds. The summed E-state index contributed by atoms with van der Waals surface area (Å²) in [6.07, 6.45) is 0. The Labute approximate surface area is 184 Å². The van der Waals surface area contributed by atoms with E-state index in [0.717, 1.165) is 5.56 Å². The normalized spacial score (nSPS) is 11.6. The molecule has 3 rings (SSSR count). The van der Waals surface area contributed by atoms with Crippen LogP contribution in [-0.4, -0.2) is 39.2 Å². The molecule has 4 N–H and O–H groups in total. The number of carbonyl (C=O) groups excluding carboxylic acids is 2. The Bertz CT molecular complexity index is 1110. The van der Waals surface area contributed by atoms with Crippen molar-refractivity contribution >= 4 is 29.3 Å². The van der Waals surface area contributed by atoms with E-state index in [-0.39, 0.29) is 17.6 Å². The largest absolute Gasteiger partial charge is 0.480 e. The molecule has 0 bridgehead atoms. The molecule has 1 aromatic heterocycles. The molecular formula is C22H23N5O5. The highest BCUT2D eigenvalue weighted by atomic mass is 16.5. The second kappa shape index (κ2) is 9.73. The summed E-state index contributed by atoms with van der Waals surface area (Å²) in [5, 5.41) is 20.8. The third kappa shape index (κ3) is 5.69. The minimum Gasteiger partial charge on any atom is -0.480 e. The average molecular weight is 437 g/mol. The van der Waals surface area contributed by atoms with Crippen LogP contribution in [0.4, 0.5) is 16.2 Å². The number of anilines is 2. The summed E-state index contributed by atoms with van der Waals surface area (Å²) < 4.78 is 4.96. The standard InChI is InChI=1S/C22H23N5O5/c1-12(2)17(21(29)30)25-19(28)20-26-18(27-32-20)14-6-10-16(11-7-14)24-22(31)23-15-8-4-13(3)5-9-15/h4-12,17H,1-3H3,(H,25,28)(H,29,30)(H2,23,24,31)/t17-/m0/s1. The lowest BCUT2D eigenvalue weighted by Crippen LogP contribution is -2.44. The van der Waals surface area contributed by atoms with Crippen LogP contribution in [0.25, 0.3) is 11.4 Å². The van der Waals surface area contributed by atoms with Gasteiger partial charge in [0.2, 0.25) is 5.82 Å². The van der Waals surface area contributed by atoms with Gasteiger partial charge >= 0.3 is 23.8 Å². The highest BCUT2D eigenvalue weighted by Gasteiger charge is 2.26. The molecule has 3 aromatic rings. The van der Waals surface area contributed by atoms with Crippen LogP contribution in [0.5, 0.6) is 0 Å². The van der Waals surface area contributed by atoms with E-state index in [1.165, 1.54) is 0 Å². The summed E-state index contributed by atoms with van der Waals surface area (Å²) >= 11 is 0. The van der Waals surface area contributed by atoms with Gasteiger partial charge in [-0.25, -0.2) is 9.59 Å². The lowest BCUT2D eigenvalue weighted by molar-refractivity contribution is -0.140. The Balaban J connectivity index is 1.62. The molecule has 0 unspecified atom stereocenters. The predicted octanol–water partition coefficient (Wildman–Crippen LogP) is 3.53. The van der Waals surface area contributed by atoms with E-state index in [9.17, 15) is 19.5 Å². The summed E-state index contributed by atoms with van der Waals surface area (Å²) in [4.78, 5) is 39.6. The van der Waals surface area contributed by atoms with Crippen molar-refractivity contribution in [3.63, 3.8) is 0 Å². The van der Waals surface area contributed by atoms with Gasteiger partial charge in [0.25, 0.3) is 0 Å². The molecule has 1 heterocycles. The minimum absolute atomic E-state index is 0.155. The number of amides is 3. The Hall–Kier alpha value is -4.21. The van der Waals surface area contributed by atoms with Crippen molar-refractivity contribution in [3.8, 4) is 11.4 Å². The molecule has 0 fully saturated rings. The number of benzene rings is 2. The number of carboxylic acid groups (broad SMARTS) is 1. The summed E-state index contributed by atoms with van der Waals surface area (Å²) in [6.45, 7) is 5.31. The van der Waals surface area contributed by atoms with Gasteiger partial charge in [0.05, 0.1) is 0 Å². The lowest BCUT2D eigenvalue weighted by atomic mass is 10.1. The molecule has 10 heteroatoms. The van der Waals surface area contributed by atoms with E-state index >= 15 is 0 Å². The van der Waals surface area contributed by atoms with Crippen LogP contribution in [0, 0.1) is 12.8 Å². The van der Waals surface area contributed by atoms with Crippen LogP contribution in [0.2, 0.25) is 0 Å². The summed E-state index contributed by atoms with van der Waals surface area (Å²) in [6, 6.07) is 12.6. The molecule has 0 aliphatic carbocycles. The zero-order valence-corrected chi connectivity index (χ0v) is 17.7. The molecule has 0 spiro atoms. The third-order valence-corrected chi connectivity index (χ3v) is 4.55. The van der Waals surface area contributed by atoms with Gasteiger partial charge in [-0.15, -0.1) is 0 Å². The molecule has 2 aromatic carbocycles. The first-order chi connectivity index (χ1) is 15.2. The van der Waals surface area contributed by atoms with Crippen molar-refractivity contribution in [1.82, 2.24) is 15.5 Å². The van der Waals surface area contributed by atoms with E-state index in [4.69, 9.17) is 4.52 Å². The van der Waals surface area contributed by atoms with Crippen molar-refractivity contribution in [3.05, 3.63) is 60.0 Å². The van der Waals surface area contributed by atoms with Crippen LogP contribution in [0.1, 0.15) is 30.1 Å². The fourth-order valence-corrected chi connectivity index (χ4v) is 2.78. The number of carboxylic acids is 1. The van der Waals surface area contributed by atoms with Gasteiger partial charge in [0.1, 0.15) is 6.04 Å². The zero-order chi connectivity index (χ0) is 23.3. The number of hydrogen-bond acceptors (Lipinski definition) is 6. The highest BCUT2D eigenvalue weighted by Crippen LogP contribution is 2.19. The van der Waals surface area contributed by atoms with Gasteiger partial charge in [-0.05, 0) is 49.2 Å². The second-order valence-corrected chi connectivity index (χ2v) is 7.48. The van der Waals surface area contributed by atoms with Crippen LogP contribution >= 0.6 is 0 Å². The second-order valence-electron chi connectivity index (χ2n) is 7.48. The van der Waals surface area contributed by atoms with Gasteiger partial charge in [-0.2, -0.15) is 4.98 Å². The number of hydrogen-bond donors (Lipinski definition) is 4. The van der Waals surface area contributed by atoms with Crippen molar-refractivity contribution in [2.24, 2.45) is 5.92 Å². The number of rotatable bonds is 7. The zero-order valence-electron chi connectivity index (χ0n) is 17.7. The monoisotopic (exact) mass is 437 g/mol. The predicted molar refractivity (Wildman–Crippen MR) is 117 cm³/mol. The van der Waals surface area contributed by atoms with Gasteiger partial charge in [0, 0.05) is 16.9 Å². The minimum atomic E-state index is -1.15. The fraction of sp³-hybridized carbons (Fsp3) is 0.227. The van der Waals surface area contributed by atoms with Crippen molar-refractivity contribution in [1.29, 1.82) is 0 Å². The van der Waals surface area contributed by atoms with Crippen LogP contribution in [-0.2, 0) is 4.79 Å². The molecule has 0 aliphatic heterocycles. The Morgan fingerprint density at radius 3 is 2.03 bits per heavy atom. The third-order valence-electron chi connectivity index (χ3n) is 4.55. The van der Waals surface area contributed by atoms with Gasteiger partial charge in [0.15, 0.2) is 0 Å². The molecule has 10 nitrogen and oxygen atoms in total. The number of carbonyl (C=O) groups is 3. The van der Waals surface area contributed by atoms with Crippen molar-refractivity contribution in [2.45, 2.75) is 26.8 Å². The topological polar surface area (TPSA) is 146 Å². The molecule has 166 valence electrons. The molecule has 0 saturated heterocycles.